The van der Waals surface area contributed by atoms with E-state index in [2.05, 4.69) is 29.6 Å². The van der Waals surface area contributed by atoms with Crippen molar-refractivity contribution in [3.63, 3.8) is 0 Å². The average Bonchev–Trinajstić information content (AvgIpc) is 3.63. The van der Waals surface area contributed by atoms with Gasteiger partial charge in [-0.15, -0.1) is 0 Å². The normalized spacial score (nSPS) is 22.4. The van der Waals surface area contributed by atoms with Gasteiger partial charge in [0, 0.05) is 18.5 Å². The fourth-order valence-electron chi connectivity index (χ4n) is 5.48. The fourth-order valence-corrected chi connectivity index (χ4v) is 5.48. The third-order valence-corrected chi connectivity index (χ3v) is 7.48. The summed E-state index contributed by atoms with van der Waals surface area (Å²) in [6.07, 6.45) is 2.07. The van der Waals surface area contributed by atoms with E-state index in [1.807, 2.05) is 31.2 Å². The number of hydrogen-bond donors (Lipinski definition) is 2. The van der Waals surface area contributed by atoms with E-state index < -0.39 is 24.0 Å². The highest BCUT2D eigenvalue weighted by atomic mass is 16.5. The van der Waals surface area contributed by atoms with Crippen LogP contribution >= 0.6 is 0 Å². The predicted molar refractivity (Wildman–Crippen MR) is 126 cm³/mol. The van der Waals surface area contributed by atoms with Gasteiger partial charge in [0.15, 0.2) is 0 Å². The minimum absolute atomic E-state index is 0.0386. The van der Waals surface area contributed by atoms with E-state index in [1.54, 1.807) is 4.90 Å². The number of carbonyl (C=O) groups excluding carboxylic acids is 2. The van der Waals surface area contributed by atoms with Crippen molar-refractivity contribution in [1.29, 1.82) is 0 Å². The van der Waals surface area contributed by atoms with Crippen LogP contribution in [-0.4, -0.2) is 53.2 Å². The molecular formula is C27H30N2O5. The third kappa shape index (κ3) is 4.27. The lowest BCUT2D eigenvalue weighted by molar-refractivity contribution is -0.148. The Bertz CT molecular complexity index is 1070. The fraction of sp³-hybridized carbons (Fsp3) is 0.444. The SMILES string of the molecule is C[C@H]1C[C@@H](C(=O)O)CCN1C(=O)C(NC(=O)OCC1c2ccccc2-c2ccccc21)C1CC1. The lowest BCUT2D eigenvalue weighted by Gasteiger charge is -2.38. The van der Waals surface area contributed by atoms with E-state index in [4.69, 9.17) is 4.74 Å². The van der Waals surface area contributed by atoms with Crippen molar-refractivity contribution in [2.24, 2.45) is 11.8 Å². The molecule has 3 aliphatic rings. The maximum Gasteiger partial charge on any atom is 0.407 e. The maximum atomic E-state index is 13.3. The van der Waals surface area contributed by atoms with Crippen molar-refractivity contribution in [3.8, 4) is 11.1 Å². The number of amides is 2. The lowest BCUT2D eigenvalue weighted by Crippen LogP contribution is -2.55. The Morgan fingerprint density at radius 1 is 1.03 bits per heavy atom. The Balaban J connectivity index is 1.23. The second-order valence-electron chi connectivity index (χ2n) is 9.73. The molecule has 7 nitrogen and oxygen atoms in total. The number of benzene rings is 2. The quantitative estimate of drug-likeness (QED) is 0.676. The van der Waals surface area contributed by atoms with Gasteiger partial charge in [-0.2, -0.15) is 0 Å². The van der Waals surface area contributed by atoms with Crippen molar-refractivity contribution in [1.82, 2.24) is 10.2 Å². The van der Waals surface area contributed by atoms with E-state index in [-0.39, 0.29) is 30.4 Å². The van der Waals surface area contributed by atoms with Crippen molar-refractivity contribution in [2.45, 2.75) is 50.6 Å². The topological polar surface area (TPSA) is 95.9 Å². The maximum absolute atomic E-state index is 13.3. The van der Waals surface area contributed by atoms with E-state index in [9.17, 15) is 19.5 Å². The van der Waals surface area contributed by atoms with Crippen molar-refractivity contribution in [2.75, 3.05) is 13.2 Å². The van der Waals surface area contributed by atoms with Gasteiger partial charge in [0.25, 0.3) is 0 Å². The first kappa shape index (κ1) is 22.4. The van der Waals surface area contributed by atoms with Crippen LogP contribution in [0.15, 0.2) is 48.5 Å². The van der Waals surface area contributed by atoms with Gasteiger partial charge in [0.05, 0.1) is 5.92 Å². The summed E-state index contributed by atoms with van der Waals surface area (Å²) >= 11 is 0. The molecule has 1 saturated heterocycles. The Labute approximate surface area is 199 Å². The van der Waals surface area contributed by atoms with Gasteiger partial charge >= 0.3 is 12.1 Å². The molecule has 0 spiro atoms. The van der Waals surface area contributed by atoms with Gasteiger partial charge in [-0.3, -0.25) is 9.59 Å². The Morgan fingerprint density at radius 2 is 1.65 bits per heavy atom. The Kier molecular flexibility index (Phi) is 6.02. The number of likely N-dealkylation sites (tertiary alicyclic amines) is 1. The number of ether oxygens (including phenoxy) is 1. The van der Waals surface area contributed by atoms with Gasteiger partial charge in [-0.05, 0) is 60.8 Å². The Morgan fingerprint density at radius 3 is 2.21 bits per heavy atom. The molecule has 7 heteroatoms. The number of aliphatic carboxylic acids is 1. The van der Waals surface area contributed by atoms with Gasteiger partial charge in [0.2, 0.25) is 5.91 Å². The smallest absolute Gasteiger partial charge is 0.407 e. The molecular weight excluding hydrogens is 432 g/mol. The van der Waals surface area contributed by atoms with Crippen LogP contribution in [0.4, 0.5) is 4.79 Å². The average molecular weight is 463 g/mol. The van der Waals surface area contributed by atoms with Gasteiger partial charge in [0.1, 0.15) is 12.6 Å². The van der Waals surface area contributed by atoms with Gasteiger partial charge in [-0.25, -0.2) is 4.79 Å². The van der Waals surface area contributed by atoms with Gasteiger partial charge < -0.3 is 20.1 Å². The predicted octanol–water partition coefficient (Wildman–Crippen LogP) is 4.02. The zero-order valence-electron chi connectivity index (χ0n) is 19.3. The van der Waals surface area contributed by atoms with Crippen LogP contribution in [0.5, 0.6) is 0 Å². The second kappa shape index (κ2) is 9.12. The van der Waals surface area contributed by atoms with Crippen LogP contribution in [0.25, 0.3) is 11.1 Å². The van der Waals surface area contributed by atoms with Crippen LogP contribution in [0.3, 0.4) is 0 Å². The first-order chi connectivity index (χ1) is 16.4. The third-order valence-electron chi connectivity index (χ3n) is 7.48. The summed E-state index contributed by atoms with van der Waals surface area (Å²) in [6.45, 7) is 2.47. The molecule has 1 saturated carbocycles. The first-order valence-electron chi connectivity index (χ1n) is 12.1. The van der Waals surface area contributed by atoms with E-state index >= 15 is 0 Å². The molecule has 2 aliphatic carbocycles. The number of carbonyl (C=O) groups is 3. The number of piperidine rings is 1. The standard InChI is InChI=1S/C27H30N2O5/c1-16-14-18(26(31)32)12-13-29(16)25(30)24(17-10-11-17)28-27(33)34-15-23-21-8-4-2-6-19(21)20-7-3-5-9-22(20)23/h2-9,16-18,23-24H,10-15H2,1H3,(H,28,33)(H,31,32)/t16-,18-,24?/m0/s1. The molecule has 178 valence electrons. The highest BCUT2D eigenvalue weighted by molar-refractivity contribution is 5.87. The molecule has 2 aromatic rings. The second-order valence-corrected chi connectivity index (χ2v) is 9.73. The van der Waals surface area contributed by atoms with Crippen LogP contribution in [-0.2, 0) is 14.3 Å². The van der Waals surface area contributed by atoms with Crippen LogP contribution < -0.4 is 5.32 Å². The zero-order valence-corrected chi connectivity index (χ0v) is 19.3. The van der Waals surface area contributed by atoms with Crippen molar-refractivity contribution >= 4 is 18.0 Å². The summed E-state index contributed by atoms with van der Waals surface area (Å²) < 4.78 is 5.66. The summed E-state index contributed by atoms with van der Waals surface area (Å²) in [5.41, 5.74) is 4.61. The van der Waals surface area contributed by atoms with Crippen LogP contribution in [0.1, 0.15) is 49.7 Å². The van der Waals surface area contributed by atoms with Crippen LogP contribution in [0.2, 0.25) is 0 Å². The number of fused-ring (bicyclic) bond motifs is 3. The summed E-state index contributed by atoms with van der Waals surface area (Å²) in [4.78, 5) is 39.2. The number of hydrogen-bond acceptors (Lipinski definition) is 4. The molecule has 2 amide bonds. The minimum Gasteiger partial charge on any atom is -0.481 e. The summed E-state index contributed by atoms with van der Waals surface area (Å²) in [5, 5.41) is 12.1. The van der Waals surface area contributed by atoms with Crippen molar-refractivity contribution < 1.29 is 24.2 Å². The number of alkyl carbamates (subject to hydrolysis) is 1. The molecule has 0 bridgehead atoms. The minimum atomic E-state index is -0.811. The zero-order chi connectivity index (χ0) is 23.8. The molecule has 0 radical (unpaired) electrons. The highest BCUT2D eigenvalue weighted by Gasteiger charge is 2.42. The number of carboxylic acids is 1. The van der Waals surface area contributed by atoms with Crippen LogP contribution in [0, 0.1) is 11.8 Å². The lowest BCUT2D eigenvalue weighted by atomic mass is 9.91. The number of carboxylic acid groups (broad SMARTS) is 1. The van der Waals surface area contributed by atoms with E-state index in [0.717, 1.165) is 35.1 Å². The number of nitrogens with one attached hydrogen (secondary N) is 1. The molecule has 34 heavy (non-hydrogen) atoms. The van der Waals surface area contributed by atoms with E-state index in [0.29, 0.717) is 19.4 Å². The summed E-state index contributed by atoms with van der Waals surface area (Å²) in [6, 6.07) is 15.5. The van der Waals surface area contributed by atoms with E-state index in [1.165, 1.54) is 0 Å². The molecule has 3 atom stereocenters. The number of rotatable bonds is 6. The largest absolute Gasteiger partial charge is 0.481 e. The molecule has 2 fully saturated rings. The summed E-state index contributed by atoms with van der Waals surface area (Å²) in [7, 11) is 0. The summed E-state index contributed by atoms with van der Waals surface area (Å²) in [5.74, 6) is -1.30. The van der Waals surface area contributed by atoms with Gasteiger partial charge in [-0.1, -0.05) is 48.5 Å². The Hall–Kier alpha value is -3.35. The highest BCUT2D eigenvalue weighted by Crippen LogP contribution is 2.44. The molecule has 5 rings (SSSR count). The molecule has 2 aromatic carbocycles. The molecule has 1 heterocycles. The molecule has 1 unspecified atom stereocenters. The van der Waals surface area contributed by atoms with Crippen molar-refractivity contribution in [3.05, 3.63) is 59.7 Å². The number of nitrogens with zero attached hydrogens (tertiary/aromatic N) is 1. The molecule has 1 aliphatic heterocycles. The monoisotopic (exact) mass is 462 g/mol. The first-order valence-corrected chi connectivity index (χ1v) is 12.1. The molecule has 0 aromatic heterocycles. The molecule has 2 N–H and O–H groups in total.